The standard InChI is InChI=1S/C20H26F4N2O2S/c1-28-16-9-12(20(22,23)24)10-17(29-2)18(16)19(27)25-14-5-3-4-6-15(14)26-8-7-13(21)11-26/h9-10,13-15H,3-8,11H2,1-2H3,(H,25,27)/t13?,14-,15+/m1/s1. The normalized spacial score (nSPS) is 25.8. The zero-order valence-corrected chi connectivity index (χ0v) is 17.3. The highest BCUT2D eigenvalue weighted by Crippen LogP contribution is 2.38. The lowest BCUT2D eigenvalue weighted by atomic mass is 9.89. The SMILES string of the molecule is COc1cc(C(F)(F)F)cc(SC)c1C(=O)N[C@@H]1CCCC[C@@H]1N1CCC(F)C1. The van der Waals surface area contributed by atoms with Gasteiger partial charge in [0, 0.05) is 30.1 Å². The Labute approximate surface area is 172 Å². The molecule has 29 heavy (non-hydrogen) atoms. The quantitative estimate of drug-likeness (QED) is 0.547. The van der Waals surface area contributed by atoms with Gasteiger partial charge in [-0.3, -0.25) is 9.69 Å². The molecule has 1 amide bonds. The van der Waals surface area contributed by atoms with Gasteiger partial charge in [0.25, 0.3) is 5.91 Å². The molecule has 9 heteroatoms. The number of hydrogen-bond donors (Lipinski definition) is 1. The third kappa shape index (κ3) is 4.99. The number of nitrogens with one attached hydrogen (secondary N) is 1. The summed E-state index contributed by atoms with van der Waals surface area (Å²) >= 11 is 1.07. The van der Waals surface area contributed by atoms with Crippen LogP contribution in [0.4, 0.5) is 17.6 Å². The van der Waals surface area contributed by atoms with Gasteiger partial charge in [0.15, 0.2) is 0 Å². The molecule has 0 bridgehead atoms. The molecule has 3 rings (SSSR count). The number of alkyl halides is 4. The Morgan fingerprint density at radius 2 is 1.97 bits per heavy atom. The van der Waals surface area contributed by atoms with E-state index >= 15 is 0 Å². The maximum atomic E-state index is 13.7. The molecule has 0 aromatic heterocycles. The molecule has 1 aromatic rings. The number of ether oxygens (including phenoxy) is 1. The van der Waals surface area contributed by atoms with Gasteiger partial charge in [-0.05, 0) is 37.7 Å². The molecule has 162 valence electrons. The van der Waals surface area contributed by atoms with Gasteiger partial charge in [0.05, 0.1) is 18.2 Å². The van der Waals surface area contributed by atoms with Gasteiger partial charge in [-0.15, -0.1) is 11.8 Å². The Bertz CT molecular complexity index is 719. The zero-order chi connectivity index (χ0) is 21.2. The van der Waals surface area contributed by atoms with E-state index in [4.69, 9.17) is 4.74 Å². The Balaban J connectivity index is 1.85. The minimum absolute atomic E-state index is 0.0478. The van der Waals surface area contributed by atoms with Crippen molar-refractivity contribution in [2.45, 2.75) is 61.4 Å². The van der Waals surface area contributed by atoms with Gasteiger partial charge in [0.1, 0.15) is 11.9 Å². The molecule has 1 aliphatic heterocycles. The molecule has 2 fully saturated rings. The van der Waals surface area contributed by atoms with Crippen LogP contribution in [0.1, 0.15) is 48.0 Å². The van der Waals surface area contributed by atoms with Gasteiger partial charge in [0.2, 0.25) is 0 Å². The smallest absolute Gasteiger partial charge is 0.416 e. The molecule has 0 radical (unpaired) electrons. The number of benzene rings is 1. The lowest BCUT2D eigenvalue weighted by Gasteiger charge is -2.38. The number of nitrogens with zero attached hydrogens (tertiary/aromatic N) is 1. The minimum atomic E-state index is -4.53. The van der Waals surface area contributed by atoms with Crippen LogP contribution in [0.3, 0.4) is 0 Å². The van der Waals surface area contributed by atoms with Crippen LogP contribution < -0.4 is 10.1 Å². The first-order chi connectivity index (χ1) is 13.7. The Morgan fingerprint density at radius 1 is 1.24 bits per heavy atom. The number of halogens is 4. The molecule has 3 atom stereocenters. The molecular weight excluding hydrogens is 408 g/mol. The highest BCUT2D eigenvalue weighted by Gasteiger charge is 2.37. The third-order valence-corrected chi connectivity index (χ3v) is 6.50. The first kappa shape index (κ1) is 22.2. The summed E-state index contributed by atoms with van der Waals surface area (Å²) in [6.07, 6.45) is 0.365. The molecule has 1 heterocycles. The summed E-state index contributed by atoms with van der Waals surface area (Å²) < 4.78 is 58.4. The minimum Gasteiger partial charge on any atom is -0.496 e. The topological polar surface area (TPSA) is 41.6 Å². The average Bonchev–Trinajstić information content (AvgIpc) is 3.12. The number of methoxy groups -OCH3 is 1. The molecule has 1 saturated carbocycles. The highest BCUT2D eigenvalue weighted by atomic mass is 32.2. The van der Waals surface area contributed by atoms with Gasteiger partial charge in [-0.2, -0.15) is 13.2 Å². The number of carbonyl (C=O) groups is 1. The summed E-state index contributed by atoms with van der Waals surface area (Å²) in [4.78, 5) is 15.4. The van der Waals surface area contributed by atoms with Crippen molar-refractivity contribution in [3.63, 3.8) is 0 Å². The number of likely N-dealkylation sites (tertiary alicyclic amines) is 1. The molecular formula is C20H26F4N2O2S. The second-order valence-electron chi connectivity index (χ2n) is 7.57. The van der Waals surface area contributed by atoms with Gasteiger partial charge < -0.3 is 10.1 Å². The second kappa shape index (κ2) is 9.12. The van der Waals surface area contributed by atoms with E-state index in [1.54, 1.807) is 6.26 Å². The van der Waals surface area contributed by atoms with Crippen LogP contribution in [0.25, 0.3) is 0 Å². The van der Waals surface area contributed by atoms with Gasteiger partial charge >= 0.3 is 6.18 Å². The Morgan fingerprint density at radius 3 is 2.55 bits per heavy atom. The Hall–Kier alpha value is -1.48. The summed E-state index contributed by atoms with van der Waals surface area (Å²) in [6.45, 7) is 1.04. The lowest BCUT2D eigenvalue weighted by Crippen LogP contribution is -2.52. The maximum absolute atomic E-state index is 13.7. The third-order valence-electron chi connectivity index (χ3n) is 5.74. The predicted molar refractivity (Wildman–Crippen MR) is 104 cm³/mol. The van der Waals surface area contributed by atoms with Crippen molar-refractivity contribution in [1.29, 1.82) is 0 Å². The van der Waals surface area contributed by atoms with Crippen molar-refractivity contribution >= 4 is 17.7 Å². The van der Waals surface area contributed by atoms with E-state index in [-0.39, 0.29) is 28.3 Å². The number of carbonyl (C=O) groups excluding carboxylic acids is 1. The first-order valence-corrected chi connectivity index (χ1v) is 11.0. The summed E-state index contributed by atoms with van der Waals surface area (Å²) in [6, 6.07) is 1.73. The predicted octanol–water partition coefficient (Wildman–Crippen LogP) is 4.52. The van der Waals surface area contributed by atoms with E-state index in [9.17, 15) is 22.4 Å². The maximum Gasteiger partial charge on any atom is 0.416 e. The molecule has 1 aromatic carbocycles. The summed E-state index contributed by atoms with van der Waals surface area (Å²) in [5.74, 6) is -0.549. The van der Waals surface area contributed by atoms with Crippen LogP contribution in [0, 0.1) is 0 Å². The molecule has 1 unspecified atom stereocenters. The van der Waals surface area contributed by atoms with Gasteiger partial charge in [-0.1, -0.05) is 12.8 Å². The van der Waals surface area contributed by atoms with Crippen molar-refractivity contribution in [3.8, 4) is 5.75 Å². The van der Waals surface area contributed by atoms with Crippen molar-refractivity contribution in [2.24, 2.45) is 0 Å². The van der Waals surface area contributed by atoms with Crippen molar-refractivity contribution in [1.82, 2.24) is 10.2 Å². The second-order valence-corrected chi connectivity index (χ2v) is 8.41. The van der Waals surface area contributed by atoms with E-state index < -0.39 is 23.8 Å². The van der Waals surface area contributed by atoms with Crippen molar-refractivity contribution < 1.29 is 27.1 Å². The van der Waals surface area contributed by atoms with Crippen LogP contribution >= 0.6 is 11.8 Å². The van der Waals surface area contributed by atoms with E-state index in [0.717, 1.165) is 49.6 Å². The van der Waals surface area contributed by atoms with Crippen LogP contribution in [0.15, 0.2) is 17.0 Å². The van der Waals surface area contributed by atoms with E-state index in [1.165, 1.54) is 7.11 Å². The first-order valence-electron chi connectivity index (χ1n) is 9.76. The fourth-order valence-electron chi connectivity index (χ4n) is 4.30. The number of thioether (sulfide) groups is 1. The molecule has 4 nitrogen and oxygen atoms in total. The lowest BCUT2D eigenvalue weighted by molar-refractivity contribution is -0.137. The average molecular weight is 434 g/mol. The zero-order valence-electron chi connectivity index (χ0n) is 16.5. The Kier molecular flexibility index (Phi) is 6.98. The monoisotopic (exact) mass is 434 g/mol. The van der Waals surface area contributed by atoms with Crippen LogP contribution in [-0.4, -0.2) is 55.5 Å². The fourth-order valence-corrected chi connectivity index (χ4v) is 4.94. The molecule has 1 aliphatic carbocycles. The summed E-state index contributed by atoms with van der Waals surface area (Å²) in [5.41, 5.74) is -0.737. The molecule has 2 aliphatic rings. The molecule has 1 N–H and O–H groups in total. The van der Waals surface area contributed by atoms with Crippen LogP contribution in [0.2, 0.25) is 0 Å². The number of rotatable bonds is 5. The number of amides is 1. The summed E-state index contributed by atoms with van der Waals surface area (Å²) in [7, 11) is 1.26. The molecule has 1 saturated heterocycles. The fraction of sp³-hybridized carbons (Fsp3) is 0.650. The van der Waals surface area contributed by atoms with E-state index in [0.29, 0.717) is 19.5 Å². The van der Waals surface area contributed by atoms with E-state index in [2.05, 4.69) is 10.2 Å². The molecule has 0 spiro atoms. The number of hydrogen-bond acceptors (Lipinski definition) is 4. The largest absolute Gasteiger partial charge is 0.496 e. The van der Waals surface area contributed by atoms with Crippen LogP contribution in [0.5, 0.6) is 5.75 Å². The van der Waals surface area contributed by atoms with Crippen LogP contribution in [-0.2, 0) is 6.18 Å². The van der Waals surface area contributed by atoms with Gasteiger partial charge in [-0.25, -0.2) is 4.39 Å². The van der Waals surface area contributed by atoms with E-state index in [1.807, 2.05) is 0 Å². The summed E-state index contributed by atoms with van der Waals surface area (Å²) in [5, 5.41) is 3.01. The van der Waals surface area contributed by atoms with Crippen molar-refractivity contribution in [2.75, 3.05) is 26.5 Å². The highest BCUT2D eigenvalue weighted by molar-refractivity contribution is 7.98. The van der Waals surface area contributed by atoms with Crippen molar-refractivity contribution in [3.05, 3.63) is 23.3 Å².